The van der Waals surface area contributed by atoms with Crippen LogP contribution in [0.5, 0.6) is 0 Å². The molecule has 2 rings (SSSR count). The van der Waals surface area contributed by atoms with E-state index in [2.05, 4.69) is 10.6 Å². The number of para-hydroxylation sites is 1. The minimum atomic E-state index is -4.62. The highest BCUT2D eigenvalue weighted by atomic mass is 35.5. The minimum Gasteiger partial charge on any atom is -0.360 e. The number of alkyl halides is 3. The number of carbonyl (C=O) groups is 1. The predicted octanol–water partition coefficient (Wildman–Crippen LogP) is 5.94. The number of hydrogen-bond donors (Lipinski definition) is 2. The number of amides is 1. The second kappa shape index (κ2) is 8.81. The van der Waals surface area contributed by atoms with E-state index in [-0.39, 0.29) is 17.2 Å². The molecule has 146 valence electrons. The molecule has 2 aromatic carbocycles. The first kappa shape index (κ1) is 21.3. The van der Waals surface area contributed by atoms with Crippen LogP contribution in [0.15, 0.2) is 54.2 Å². The Hall–Kier alpha value is -2.98. The van der Waals surface area contributed by atoms with Gasteiger partial charge < -0.3 is 10.6 Å². The first-order valence-electron chi connectivity index (χ1n) is 8.27. The first-order valence-corrected chi connectivity index (χ1v) is 8.65. The van der Waals surface area contributed by atoms with E-state index in [1.165, 1.54) is 6.07 Å². The van der Waals surface area contributed by atoms with E-state index < -0.39 is 22.7 Å². The first-order chi connectivity index (χ1) is 13.1. The summed E-state index contributed by atoms with van der Waals surface area (Å²) in [7, 11) is 0. The molecule has 1 amide bonds. The Morgan fingerprint density at radius 3 is 2.50 bits per heavy atom. The molecule has 0 fully saturated rings. The van der Waals surface area contributed by atoms with Gasteiger partial charge in [0.1, 0.15) is 11.6 Å². The van der Waals surface area contributed by atoms with Gasteiger partial charge in [-0.3, -0.25) is 4.79 Å². The zero-order valence-corrected chi connectivity index (χ0v) is 15.8. The number of carbonyl (C=O) groups excluding carboxylic acids is 1. The summed E-state index contributed by atoms with van der Waals surface area (Å²) in [5.41, 5.74) is 0.200. The van der Waals surface area contributed by atoms with Crippen molar-refractivity contribution in [1.29, 1.82) is 5.26 Å². The van der Waals surface area contributed by atoms with Gasteiger partial charge in [-0.05, 0) is 35.7 Å². The predicted molar refractivity (Wildman–Crippen MR) is 103 cm³/mol. The van der Waals surface area contributed by atoms with Crippen molar-refractivity contribution < 1.29 is 18.0 Å². The molecule has 0 aliphatic heterocycles. The maximum absolute atomic E-state index is 12.9. The molecule has 0 radical (unpaired) electrons. The number of hydrogen-bond acceptors (Lipinski definition) is 3. The van der Waals surface area contributed by atoms with E-state index >= 15 is 0 Å². The van der Waals surface area contributed by atoms with Crippen LogP contribution < -0.4 is 10.6 Å². The third-order valence-corrected chi connectivity index (χ3v) is 4.18. The van der Waals surface area contributed by atoms with Gasteiger partial charge in [-0.1, -0.05) is 43.6 Å². The molecular weight excluding hydrogens is 391 g/mol. The van der Waals surface area contributed by atoms with Crippen LogP contribution in [0.3, 0.4) is 0 Å². The molecule has 2 N–H and O–H groups in total. The normalized spacial score (nSPS) is 11.9. The van der Waals surface area contributed by atoms with Crippen molar-refractivity contribution in [3.63, 3.8) is 0 Å². The Kier molecular flexibility index (Phi) is 6.71. The van der Waals surface area contributed by atoms with Crippen molar-refractivity contribution in [3.05, 3.63) is 70.4 Å². The van der Waals surface area contributed by atoms with Gasteiger partial charge in [0.25, 0.3) is 5.91 Å². The Balaban J connectivity index is 2.21. The molecule has 0 saturated heterocycles. The highest BCUT2D eigenvalue weighted by Crippen LogP contribution is 2.36. The molecule has 28 heavy (non-hydrogen) atoms. The van der Waals surface area contributed by atoms with Gasteiger partial charge in [-0.2, -0.15) is 18.4 Å². The lowest BCUT2D eigenvalue weighted by Gasteiger charge is -2.13. The van der Waals surface area contributed by atoms with E-state index in [9.17, 15) is 23.2 Å². The van der Waals surface area contributed by atoms with Crippen molar-refractivity contribution in [3.8, 4) is 6.07 Å². The van der Waals surface area contributed by atoms with Crippen LogP contribution in [-0.4, -0.2) is 5.91 Å². The molecule has 0 atom stereocenters. The Morgan fingerprint density at radius 1 is 1.21 bits per heavy atom. The molecule has 0 saturated carbocycles. The number of anilines is 2. The molecule has 0 aliphatic carbocycles. The molecule has 0 unspecified atom stereocenters. The Bertz CT molecular complexity index is 946. The van der Waals surface area contributed by atoms with Gasteiger partial charge >= 0.3 is 6.18 Å². The molecule has 0 heterocycles. The summed E-state index contributed by atoms with van der Waals surface area (Å²) < 4.78 is 38.8. The van der Waals surface area contributed by atoms with Gasteiger partial charge in [0, 0.05) is 17.6 Å². The van der Waals surface area contributed by atoms with Crippen LogP contribution in [0.2, 0.25) is 5.02 Å². The molecular formula is C20H17ClF3N3O. The number of nitrogens with one attached hydrogen (secondary N) is 2. The van der Waals surface area contributed by atoms with Crippen LogP contribution in [0.25, 0.3) is 0 Å². The molecule has 4 nitrogen and oxygen atoms in total. The van der Waals surface area contributed by atoms with Gasteiger partial charge in [-0.15, -0.1) is 0 Å². The van der Waals surface area contributed by atoms with Crippen LogP contribution >= 0.6 is 11.6 Å². The average molecular weight is 408 g/mol. The van der Waals surface area contributed by atoms with E-state index in [1.807, 2.05) is 26.0 Å². The lowest BCUT2D eigenvalue weighted by Crippen LogP contribution is -2.16. The fraction of sp³-hybridized carbons (Fsp3) is 0.200. The number of nitrogens with zero attached hydrogens (tertiary/aromatic N) is 1. The summed E-state index contributed by atoms with van der Waals surface area (Å²) in [5, 5.41) is 14.0. The highest BCUT2D eigenvalue weighted by Gasteiger charge is 2.33. The topological polar surface area (TPSA) is 64.9 Å². The van der Waals surface area contributed by atoms with Gasteiger partial charge in [-0.25, -0.2) is 0 Å². The highest BCUT2D eigenvalue weighted by molar-refractivity contribution is 6.31. The summed E-state index contributed by atoms with van der Waals surface area (Å²) in [6.07, 6.45) is -3.56. The third-order valence-electron chi connectivity index (χ3n) is 3.85. The van der Waals surface area contributed by atoms with Gasteiger partial charge in [0.2, 0.25) is 0 Å². The maximum atomic E-state index is 12.9. The standard InChI is InChI=1S/C20H17ClF3N3O/c1-12(2)15-5-3-4-6-18(15)27-19(28)13(10-25)11-26-14-7-8-17(21)16(9-14)20(22,23)24/h3-9,11-12,26H,1-2H3,(H,27,28)/b13-11-. The van der Waals surface area contributed by atoms with Crippen molar-refractivity contribution in [2.24, 2.45) is 0 Å². The fourth-order valence-electron chi connectivity index (χ4n) is 2.44. The molecule has 0 aliphatic rings. The molecule has 2 aromatic rings. The van der Waals surface area contributed by atoms with E-state index in [1.54, 1.807) is 18.2 Å². The van der Waals surface area contributed by atoms with Crippen molar-refractivity contribution >= 4 is 28.9 Å². The van der Waals surface area contributed by atoms with Crippen LogP contribution in [0.1, 0.15) is 30.9 Å². The van der Waals surface area contributed by atoms with Crippen molar-refractivity contribution in [2.75, 3.05) is 10.6 Å². The largest absolute Gasteiger partial charge is 0.417 e. The van der Waals surface area contributed by atoms with Crippen molar-refractivity contribution in [2.45, 2.75) is 25.9 Å². The zero-order valence-electron chi connectivity index (χ0n) is 15.1. The smallest absolute Gasteiger partial charge is 0.360 e. The number of halogens is 4. The lowest BCUT2D eigenvalue weighted by atomic mass is 10.0. The molecule has 0 aromatic heterocycles. The minimum absolute atomic E-state index is 0.0415. The maximum Gasteiger partial charge on any atom is 0.417 e. The zero-order chi connectivity index (χ0) is 20.9. The molecule has 0 bridgehead atoms. The summed E-state index contributed by atoms with van der Waals surface area (Å²) in [4.78, 5) is 12.4. The summed E-state index contributed by atoms with van der Waals surface area (Å²) >= 11 is 5.57. The van der Waals surface area contributed by atoms with Gasteiger partial charge in [0.05, 0.1) is 10.6 Å². The quantitative estimate of drug-likeness (QED) is 0.476. The van der Waals surface area contributed by atoms with E-state index in [4.69, 9.17) is 11.6 Å². The fourth-order valence-corrected chi connectivity index (χ4v) is 2.67. The summed E-state index contributed by atoms with van der Waals surface area (Å²) in [6.45, 7) is 3.93. The molecule has 0 spiro atoms. The SMILES string of the molecule is CC(C)c1ccccc1NC(=O)/C(C#N)=C\Nc1ccc(Cl)c(C(F)(F)F)c1. The lowest BCUT2D eigenvalue weighted by molar-refractivity contribution is -0.137. The monoisotopic (exact) mass is 407 g/mol. The number of rotatable bonds is 5. The van der Waals surface area contributed by atoms with Crippen LogP contribution in [0.4, 0.5) is 24.5 Å². The summed E-state index contributed by atoms with van der Waals surface area (Å²) in [6, 6.07) is 12.1. The average Bonchev–Trinajstić information content (AvgIpc) is 2.62. The second-order valence-electron chi connectivity index (χ2n) is 6.20. The third kappa shape index (κ3) is 5.27. The summed E-state index contributed by atoms with van der Waals surface area (Å²) in [5.74, 6) is -0.521. The number of benzene rings is 2. The van der Waals surface area contributed by atoms with Crippen LogP contribution in [0, 0.1) is 11.3 Å². The van der Waals surface area contributed by atoms with E-state index in [0.717, 1.165) is 23.9 Å². The van der Waals surface area contributed by atoms with Gasteiger partial charge in [0.15, 0.2) is 0 Å². The molecule has 8 heteroatoms. The Labute approximate surface area is 165 Å². The van der Waals surface area contributed by atoms with Crippen LogP contribution in [-0.2, 0) is 11.0 Å². The van der Waals surface area contributed by atoms with E-state index in [0.29, 0.717) is 5.69 Å². The number of nitriles is 1. The van der Waals surface area contributed by atoms with Crippen molar-refractivity contribution in [1.82, 2.24) is 0 Å². The Morgan fingerprint density at radius 2 is 1.89 bits per heavy atom. The second-order valence-corrected chi connectivity index (χ2v) is 6.61.